The zero-order valence-electron chi connectivity index (χ0n) is 18.0. The molecule has 0 bridgehead atoms. The molecule has 3 atom stereocenters. The molecule has 3 aromatic carbocycles. The fourth-order valence-electron chi connectivity index (χ4n) is 5.15. The van der Waals surface area contributed by atoms with E-state index >= 15 is 0 Å². The van der Waals surface area contributed by atoms with Gasteiger partial charge in [0.15, 0.2) is 0 Å². The van der Waals surface area contributed by atoms with Crippen molar-refractivity contribution in [2.24, 2.45) is 11.8 Å². The molecule has 4 aromatic rings. The van der Waals surface area contributed by atoms with E-state index in [2.05, 4.69) is 52.0 Å². The third-order valence-corrected chi connectivity index (χ3v) is 6.69. The van der Waals surface area contributed by atoms with Crippen molar-refractivity contribution in [3.8, 4) is 6.07 Å². The first kappa shape index (κ1) is 20.7. The average molecular weight is 434 g/mol. The fraction of sp³-hybridized carbons (Fsp3) is 0.179. The van der Waals surface area contributed by atoms with E-state index in [9.17, 15) is 9.90 Å². The number of rotatable bonds is 7. The molecule has 162 valence electrons. The number of nitrogens with zero attached hydrogens (tertiary/aromatic N) is 3. The van der Waals surface area contributed by atoms with Gasteiger partial charge in [-0.3, -0.25) is 4.79 Å². The predicted molar refractivity (Wildman–Crippen MR) is 124 cm³/mol. The van der Waals surface area contributed by atoms with Gasteiger partial charge in [-0.2, -0.15) is 5.26 Å². The Balaban J connectivity index is 1.72. The minimum atomic E-state index is -0.866. The summed E-state index contributed by atoms with van der Waals surface area (Å²) in [5, 5.41) is 18.8. The summed E-state index contributed by atoms with van der Waals surface area (Å²) in [7, 11) is 0. The molecule has 0 radical (unpaired) electrons. The maximum absolute atomic E-state index is 11.8. The van der Waals surface area contributed by atoms with Crippen molar-refractivity contribution in [1.82, 2.24) is 9.55 Å². The van der Waals surface area contributed by atoms with E-state index in [-0.39, 0.29) is 18.3 Å². The first-order chi connectivity index (χ1) is 16.2. The van der Waals surface area contributed by atoms with E-state index in [1.165, 1.54) is 0 Å². The summed E-state index contributed by atoms with van der Waals surface area (Å²) in [4.78, 5) is 16.4. The van der Waals surface area contributed by atoms with E-state index in [1.54, 1.807) is 6.33 Å². The molecule has 0 aliphatic heterocycles. The molecular formula is C28H23N3O2. The minimum Gasteiger partial charge on any atom is -0.481 e. The van der Waals surface area contributed by atoms with Gasteiger partial charge in [0.05, 0.1) is 24.0 Å². The number of carboxylic acid groups (broad SMARTS) is 1. The summed E-state index contributed by atoms with van der Waals surface area (Å²) in [6.45, 7) is 0. The Morgan fingerprint density at radius 1 is 0.909 bits per heavy atom. The van der Waals surface area contributed by atoms with Crippen LogP contribution in [0.15, 0.2) is 104 Å². The molecular weight excluding hydrogens is 410 g/mol. The number of aromatic nitrogens is 2. The van der Waals surface area contributed by atoms with Crippen molar-refractivity contribution in [2.75, 3.05) is 0 Å². The van der Waals surface area contributed by atoms with Crippen LogP contribution in [0.5, 0.6) is 0 Å². The van der Waals surface area contributed by atoms with Crippen molar-refractivity contribution >= 4 is 5.97 Å². The number of carboxylic acids is 1. The van der Waals surface area contributed by atoms with E-state index < -0.39 is 17.4 Å². The molecule has 1 N–H and O–H groups in total. The maximum atomic E-state index is 11.8. The first-order valence-corrected chi connectivity index (χ1v) is 11.0. The molecule has 0 amide bonds. The van der Waals surface area contributed by atoms with Gasteiger partial charge < -0.3 is 9.67 Å². The van der Waals surface area contributed by atoms with Gasteiger partial charge in [0.2, 0.25) is 0 Å². The van der Waals surface area contributed by atoms with Gasteiger partial charge in [0.1, 0.15) is 5.54 Å². The number of nitriles is 1. The van der Waals surface area contributed by atoms with Crippen molar-refractivity contribution in [1.29, 1.82) is 5.26 Å². The normalized spacial score (nSPS) is 19.5. The maximum Gasteiger partial charge on any atom is 0.307 e. The fourth-order valence-corrected chi connectivity index (χ4v) is 5.15. The number of carbonyl (C=O) groups is 1. The average Bonchev–Trinajstić information content (AvgIpc) is 3.37. The van der Waals surface area contributed by atoms with E-state index in [0.717, 1.165) is 22.4 Å². The van der Waals surface area contributed by atoms with Crippen LogP contribution in [0.2, 0.25) is 0 Å². The molecule has 33 heavy (non-hydrogen) atoms. The van der Waals surface area contributed by atoms with E-state index in [4.69, 9.17) is 5.26 Å². The third kappa shape index (κ3) is 3.41. The molecule has 1 aliphatic rings. The van der Waals surface area contributed by atoms with Crippen LogP contribution in [0.1, 0.15) is 34.7 Å². The highest BCUT2D eigenvalue weighted by Gasteiger charge is 2.57. The second-order valence-corrected chi connectivity index (χ2v) is 8.43. The quantitative estimate of drug-likeness (QED) is 0.414. The Kier molecular flexibility index (Phi) is 5.27. The molecule has 5 rings (SSSR count). The predicted octanol–water partition coefficient (Wildman–Crippen LogP) is 5.05. The van der Waals surface area contributed by atoms with Crippen LogP contribution in [-0.2, 0) is 10.3 Å². The lowest BCUT2D eigenvalue weighted by molar-refractivity contribution is -0.138. The van der Waals surface area contributed by atoms with Crippen LogP contribution in [0.3, 0.4) is 0 Å². The van der Waals surface area contributed by atoms with Crippen LogP contribution in [-0.4, -0.2) is 20.6 Å². The lowest BCUT2D eigenvalue weighted by Gasteiger charge is -2.37. The third-order valence-electron chi connectivity index (χ3n) is 6.69. The van der Waals surface area contributed by atoms with Gasteiger partial charge in [-0.25, -0.2) is 4.98 Å². The van der Waals surface area contributed by atoms with Crippen molar-refractivity contribution in [3.63, 3.8) is 0 Å². The summed E-state index contributed by atoms with van der Waals surface area (Å²) in [5.74, 6) is -1.87. The first-order valence-electron chi connectivity index (χ1n) is 11.0. The molecule has 1 aromatic heterocycles. The summed E-state index contributed by atoms with van der Waals surface area (Å²) in [6.07, 6.45) is 3.98. The van der Waals surface area contributed by atoms with Crippen molar-refractivity contribution in [3.05, 3.63) is 126 Å². The van der Waals surface area contributed by atoms with Crippen LogP contribution in [0.4, 0.5) is 0 Å². The molecule has 0 unspecified atom stereocenters. The van der Waals surface area contributed by atoms with Crippen LogP contribution in [0.25, 0.3) is 0 Å². The molecule has 1 fully saturated rings. The SMILES string of the molecule is N#CC[C@@H]1[C@@H](C(=O)O)[C@H]1c1cn(C(c2ccccc2)(c2ccccc2)c2ccccc2)cn1. The Bertz CT molecular complexity index is 1200. The van der Waals surface area contributed by atoms with Crippen LogP contribution in [0, 0.1) is 23.2 Å². The smallest absolute Gasteiger partial charge is 0.307 e. The minimum absolute atomic E-state index is 0.199. The molecule has 1 heterocycles. The zero-order chi connectivity index (χ0) is 22.8. The van der Waals surface area contributed by atoms with Gasteiger partial charge in [0.25, 0.3) is 0 Å². The highest BCUT2D eigenvalue weighted by atomic mass is 16.4. The molecule has 1 aliphatic carbocycles. The molecule has 0 saturated heterocycles. The van der Waals surface area contributed by atoms with Gasteiger partial charge in [0, 0.05) is 18.5 Å². The number of aliphatic carboxylic acids is 1. The number of hydrogen-bond donors (Lipinski definition) is 1. The second-order valence-electron chi connectivity index (χ2n) is 8.43. The molecule has 5 heteroatoms. The van der Waals surface area contributed by atoms with Gasteiger partial charge in [-0.05, 0) is 22.6 Å². The monoisotopic (exact) mass is 433 g/mol. The Hall–Kier alpha value is -4.17. The summed E-state index contributed by atoms with van der Waals surface area (Å²) >= 11 is 0. The Labute approximate surface area is 192 Å². The Morgan fingerprint density at radius 2 is 1.39 bits per heavy atom. The van der Waals surface area contributed by atoms with Crippen molar-refractivity contribution in [2.45, 2.75) is 17.9 Å². The van der Waals surface area contributed by atoms with Crippen molar-refractivity contribution < 1.29 is 9.90 Å². The summed E-state index contributed by atoms with van der Waals surface area (Å²) in [5.41, 5.74) is 3.25. The van der Waals surface area contributed by atoms with E-state index in [0.29, 0.717) is 0 Å². The number of benzene rings is 3. The highest BCUT2D eigenvalue weighted by molar-refractivity contribution is 5.76. The lowest BCUT2D eigenvalue weighted by Crippen LogP contribution is -2.36. The Morgan fingerprint density at radius 3 is 1.82 bits per heavy atom. The standard InChI is InChI=1S/C28H23N3O2/c29-17-16-23-25(26(23)27(32)33)24-18-31(19-30-24)28(20-10-4-1-5-11-20,21-12-6-2-7-13-21)22-14-8-3-9-15-22/h1-15,18-19,23,25-26H,16H2,(H,32,33)/t23-,25+,26+/m0/s1. The number of hydrogen-bond acceptors (Lipinski definition) is 3. The summed E-state index contributed by atoms with van der Waals surface area (Å²) in [6, 6.07) is 32.9. The second kappa shape index (κ2) is 8.40. The topological polar surface area (TPSA) is 78.9 Å². The molecule has 0 spiro atoms. The van der Waals surface area contributed by atoms with Gasteiger partial charge in [-0.15, -0.1) is 0 Å². The van der Waals surface area contributed by atoms with E-state index in [1.807, 2.05) is 60.8 Å². The number of imidazole rings is 1. The molecule has 5 nitrogen and oxygen atoms in total. The highest BCUT2D eigenvalue weighted by Crippen LogP contribution is 2.55. The van der Waals surface area contributed by atoms with Crippen LogP contribution >= 0.6 is 0 Å². The van der Waals surface area contributed by atoms with Gasteiger partial charge in [-0.1, -0.05) is 91.0 Å². The zero-order valence-corrected chi connectivity index (χ0v) is 18.0. The molecule has 1 saturated carbocycles. The van der Waals surface area contributed by atoms with Gasteiger partial charge >= 0.3 is 5.97 Å². The van der Waals surface area contributed by atoms with Crippen LogP contribution < -0.4 is 0 Å². The largest absolute Gasteiger partial charge is 0.481 e. The lowest BCUT2D eigenvalue weighted by atomic mass is 9.77. The summed E-state index contributed by atoms with van der Waals surface area (Å²) < 4.78 is 2.09.